The first-order valence-electron chi connectivity index (χ1n) is 3.99. The third kappa shape index (κ3) is 2.53. The Labute approximate surface area is 87.1 Å². The average Bonchev–Trinajstić information content (AvgIpc) is 2.15. The molecular formula is C10H10O3S. The van der Waals surface area contributed by atoms with Gasteiger partial charge in [-0.25, -0.2) is 4.79 Å². The van der Waals surface area contributed by atoms with Gasteiger partial charge in [0.1, 0.15) is 5.75 Å². The zero-order chi connectivity index (χ0) is 10.6. The summed E-state index contributed by atoms with van der Waals surface area (Å²) in [5, 5.41) is 18.1. The number of phenolic OH excluding ortho intramolecular Hbond substituents is 1. The summed E-state index contributed by atoms with van der Waals surface area (Å²) in [6.07, 6.45) is 3.45. The molecular weight excluding hydrogens is 200 g/mol. The summed E-state index contributed by atoms with van der Waals surface area (Å²) in [4.78, 5) is 10.5. The van der Waals surface area contributed by atoms with Crippen molar-refractivity contribution in [3.8, 4) is 5.75 Å². The number of aromatic carboxylic acids is 1. The van der Waals surface area contributed by atoms with Crippen molar-refractivity contribution in [2.75, 3.05) is 5.75 Å². The molecule has 0 heterocycles. The van der Waals surface area contributed by atoms with Crippen LogP contribution in [0.15, 0.2) is 24.3 Å². The summed E-state index contributed by atoms with van der Waals surface area (Å²) in [7, 11) is 0. The number of rotatable bonds is 3. The van der Waals surface area contributed by atoms with Crippen molar-refractivity contribution in [1.82, 2.24) is 0 Å². The van der Waals surface area contributed by atoms with E-state index in [0.29, 0.717) is 11.3 Å². The number of thiol groups is 1. The van der Waals surface area contributed by atoms with Crippen LogP contribution in [0.4, 0.5) is 0 Å². The molecule has 0 atom stereocenters. The van der Waals surface area contributed by atoms with E-state index in [1.54, 1.807) is 18.2 Å². The maximum atomic E-state index is 10.5. The fourth-order valence-electron chi connectivity index (χ4n) is 0.997. The number of carbonyl (C=O) groups is 1. The Balaban J connectivity index is 3.01. The lowest BCUT2D eigenvalue weighted by atomic mass is 10.1. The molecule has 0 unspecified atom stereocenters. The number of phenols is 1. The second-order valence-corrected chi connectivity index (χ2v) is 3.03. The van der Waals surface area contributed by atoms with Crippen LogP contribution in [0, 0.1) is 0 Å². The van der Waals surface area contributed by atoms with E-state index in [2.05, 4.69) is 12.6 Å². The van der Waals surface area contributed by atoms with E-state index >= 15 is 0 Å². The highest BCUT2D eigenvalue weighted by Gasteiger charge is 2.05. The zero-order valence-electron chi connectivity index (χ0n) is 7.34. The summed E-state index contributed by atoms with van der Waals surface area (Å²) < 4.78 is 0. The largest absolute Gasteiger partial charge is 0.507 e. The average molecular weight is 210 g/mol. The van der Waals surface area contributed by atoms with E-state index in [1.165, 1.54) is 12.1 Å². The summed E-state index contributed by atoms with van der Waals surface area (Å²) >= 11 is 3.98. The highest BCUT2D eigenvalue weighted by molar-refractivity contribution is 7.80. The standard InChI is InChI=1S/C10H10O3S/c11-9-6-8(10(12)13)4-3-7(9)2-1-5-14/h1-4,6,11,14H,5H2,(H,12,13). The monoisotopic (exact) mass is 210 g/mol. The molecule has 1 rings (SSSR count). The smallest absolute Gasteiger partial charge is 0.335 e. The molecule has 0 aliphatic heterocycles. The van der Waals surface area contributed by atoms with Gasteiger partial charge in [-0.05, 0) is 12.1 Å². The third-order valence-electron chi connectivity index (χ3n) is 1.68. The van der Waals surface area contributed by atoms with Gasteiger partial charge in [-0.2, -0.15) is 12.6 Å². The minimum absolute atomic E-state index is 0.0390. The van der Waals surface area contributed by atoms with Crippen LogP contribution in [0.25, 0.3) is 6.08 Å². The maximum absolute atomic E-state index is 10.5. The molecule has 2 N–H and O–H groups in total. The molecule has 1 aromatic rings. The molecule has 1 aromatic carbocycles. The summed E-state index contributed by atoms with van der Waals surface area (Å²) in [5.41, 5.74) is 0.662. The van der Waals surface area contributed by atoms with Gasteiger partial charge in [-0.15, -0.1) is 0 Å². The zero-order valence-corrected chi connectivity index (χ0v) is 8.24. The lowest BCUT2D eigenvalue weighted by Crippen LogP contribution is -1.95. The van der Waals surface area contributed by atoms with Gasteiger partial charge in [-0.3, -0.25) is 0 Å². The van der Waals surface area contributed by atoms with Gasteiger partial charge in [0.25, 0.3) is 0 Å². The minimum atomic E-state index is -1.05. The van der Waals surface area contributed by atoms with Crippen molar-refractivity contribution in [2.24, 2.45) is 0 Å². The summed E-state index contributed by atoms with van der Waals surface area (Å²) in [5.74, 6) is -0.520. The molecule has 3 nitrogen and oxygen atoms in total. The SMILES string of the molecule is O=C(O)c1ccc(C=CCS)c(O)c1. The molecule has 0 aliphatic rings. The van der Waals surface area contributed by atoms with E-state index in [1.807, 2.05) is 0 Å². The van der Waals surface area contributed by atoms with Crippen LogP contribution in [-0.4, -0.2) is 21.9 Å². The van der Waals surface area contributed by atoms with Gasteiger partial charge in [0, 0.05) is 11.3 Å². The molecule has 14 heavy (non-hydrogen) atoms. The Morgan fingerprint density at radius 2 is 2.21 bits per heavy atom. The number of benzene rings is 1. The van der Waals surface area contributed by atoms with Crippen LogP contribution >= 0.6 is 12.6 Å². The van der Waals surface area contributed by atoms with Crippen LogP contribution in [0.2, 0.25) is 0 Å². The summed E-state index contributed by atoms with van der Waals surface area (Å²) in [6.45, 7) is 0. The number of carboxylic acids is 1. The molecule has 4 heteroatoms. The first-order valence-corrected chi connectivity index (χ1v) is 4.62. The van der Waals surface area contributed by atoms with E-state index in [4.69, 9.17) is 5.11 Å². The van der Waals surface area contributed by atoms with Crippen LogP contribution in [0.1, 0.15) is 15.9 Å². The van der Waals surface area contributed by atoms with Crippen LogP contribution in [-0.2, 0) is 0 Å². The van der Waals surface area contributed by atoms with Crippen LogP contribution < -0.4 is 0 Å². The van der Waals surface area contributed by atoms with Crippen molar-refractivity contribution >= 4 is 24.7 Å². The quantitative estimate of drug-likeness (QED) is 0.669. The van der Waals surface area contributed by atoms with Crippen molar-refractivity contribution in [3.05, 3.63) is 35.4 Å². The first kappa shape index (κ1) is 10.7. The first-order chi connectivity index (χ1) is 6.65. The Kier molecular flexibility index (Phi) is 3.59. The Morgan fingerprint density at radius 1 is 1.50 bits per heavy atom. The second-order valence-electron chi connectivity index (χ2n) is 2.66. The number of aromatic hydroxyl groups is 1. The molecule has 0 fully saturated rings. The normalized spacial score (nSPS) is 10.6. The third-order valence-corrected chi connectivity index (χ3v) is 1.89. The van der Waals surface area contributed by atoms with E-state index in [-0.39, 0.29) is 11.3 Å². The Morgan fingerprint density at radius 3 is 2.71 bits per heavy atom. The van der Waals surface area contributed by atoms with Gasteiger partial charge in [0.05, 0.1) is 5.56 Å². The molecule has 0 saturated heterocycles. The van der Waals surface area contributed by atoms with Gasteiger partial charge < -0.3 is 10.2 Å². The number of carboxylic acid groups (broad SMARTS) is 1. The van der Waals surface area contributed by atoms with Gasteiger partial charge in [0.15, 0.2) is 0 Å². The minimum Gasteiger partial charge on any atom is -0.507 e. The van der Waals surface area contributed by atoms with E-state index in [0.717, 1.165) is 0 Å². The van der Waals surface area contributed by atoms with Gasteiger partial charge in [-0.1, -0.05) is 18.2 Å². The predicted octanol–water partition coefficient (Wildman–Crippen LogP) is 2.03. The highest BCUT2D eigenvalue weighted by atomic mass is 32.1. The van der Waals surface area contributed by atoms with Crippen molar-refractivity contribution in [3.63, 3.8) is 0 Å². The van der Waals surface area contributed by atoms with Crippen molar-refractivity contribution < 1.29 is 15.0 Å². The van der Waals surface area contributed by atoms with E-state index in [9.17, 15) is 9.90 Å². The van der Waals surface area contributed by atoms with Gasteiger partial charge in [0.2, 0.25) is 0 Å². The fourth-order valence-corrected chi connectivity index (χ4v) is 1.10. The van der Waals surface area contributed by atoms with Crippen molar-refractivity contribution in [2.45, 2.75) is 0 Å². The molecule has 74 valence electrons. The maximum Gasteiger partial charge on any atom is 0.335 e. The second kappa shape index (κ2) is 4.72. The Hall–Kier alpha value is -1.42. The molecule has 0 aliphatic carbocycles. The molecule has 0 amide bonds. The van der Waals surface area contributed by atoms with E-state index < -0.39 is 5.97 Å². The highest BCUT2D eigenvalue weighted by Crippen LogP contribution is 2.20. The van der Waals surface area contributed by atoms with Crippen LogP contribution in [0.3, 0.4) is 0 Å². The number of hydrogen-bond acceptors (Lipinski definition) is 3. The number of hydrogen-bond donors (Lipinski definition) is 3. The van der Waals surface area contributed by atoms with Gasteiger partial charge >= 0.3 is 5.97 Å². The molecule has 0 saturated carbocycles. The van der Waals surface area contributed by atoms with Crippen molar-refractivity contribution in [1.29, 1.82) is 0 Å². The molecule has 0 bridgehead atoms. The predicted molar refractivity (Wildman–Crippen MR) is 58.0 cm³/mol. The molecule has 0 spiro atoms. The Bertz CT molecular complexity index is 372. The fraction of sp³-hybridized carbons (Fsp3) is 0.100. The summed E-state index contributed by atoms with van der Waals surface area (Å²) in [6, 6.07) is 4.22. The van der Waals surface area contributed by atoms with Crippen LogP contribution in [0.5, 0.6) is 5.75 Å². The molecule has 0 aromatic heterocycles. The lowest BCUT2D eigenvalue weighted by Gasteiger charge is -2.00. The molecule has 0 radical (unpaired) electrons. The topological polar surface area (TPSA) is 57.5 Å². The lowest BCUT2D eigenvalue weighted by molar-refractivity contribution is 0.0696.